The molecule has 1 heterocycles. The van der Waals surface area contributed by atoms with Crippen LogP contribution in [0.1, 0.15) is 0 Å². The maximum absolute atomic E-state index is 5.80. The first-order valence-corrected chi connectivity index (χ1v) is 6.55. The van der Waals surface area contributed by atoms with Gasteiger partial charge in [-0.15, -0.1) is 0 Å². The Bertz CT molecular complexity index is 590. The van der Waals surface area contributed by atoms with Crippen molar-refractivity contribution in [1.29, 1.82) is 0 Å². The highest BCUT2D eigenvalue weighted by Gasteiger charge is 2.10. The average Bonchev–Trinajstić information content (AvgIpc) is 2.86. The van der Waals surface area contributed by atoms with Crippen molar-refractivity contribution in [2.75, 3.05) is 21.3 Å². The molecule has 0 fully saturated rings. The number of hydrogen-bond acceptors (Lipinski definition) is 5. The fourth-order valence-corrected chi connectivity index (χ4v) is 2.72. The number of nitrogen functional groups attached to an aromatic ring is 2. The van der Waals surface area contributed by atoms with Gasteiger partial charge < -0.3 is 21.3 Å². The van der Waals surface area contributed by atoms with Crippen LogP contribution in [0.4, 0.5) is 22.7 Å². The Balaban J connectivity index is 2.04. The molecule has 0 aromatic heterocycles. The van der Waals surface area contributed by atoms with Gasteiger partial charge >= 0.3 is 0 Å². The third-order valence-electron chi connectivity index (χ3n) is 2.96. The van der Waals surface area contributed by atoms with Crippen molar-refractivity contribution in [3.63, 3.8) is 0 Å². The molecule has 2 aromatic rings. The number of hydrazine groups is 1. The molecule has 0 saturated carbocycles. The van der Waals surface area contributed by atoms with Gasteiger partial charge in [-0.2, -0.15) is 0 Å². The van der Waals surface area contributed by atoms with Gasteiger partial charge in [0.2, 0.25) is 0 Å². The second-order valence-electron chi connectivity index (χ2n) is 4.08. The molecule has 1 aliphatic heterocycles. The van der Waals surface area contributed by atoms with Crippen molar-refractivity contribution in [2.45, 2.75) is 0 Å². The van der Waals surface area contributed by atoms with E-state index >= 15 is 0 Å². The summed E-state index contributed by atoms with van der Waals surface area (Å²) in [5.74, 6) is 5.44. The molecule has 0 spiro atoms. The van der Waals surface area contributed by atoms with Crippen molar-refractivity contribution < 1.29 is 0 Å². The lowest BCUT2D eigenvalue weighted by atomic mass is 10.0. The van der Waals surface area contributed by atoms with Gasteiger partial charge in [0.25, 0.3) is 0 Å². The van der Waals surface area contributed by atoms with Crippen LogP contribution in [0.25, 0.3) is 11.1 Å². The Hall–Kier alpha value is -1.97. The molecule has 1 atom stereocenters. The smallest absolute Gasteiger partial charge is 0.0744 e. The summed E-state index contributed by atoms with van der Waals surface area (Å²) in [6, 6.07) is 12.1. The first-order chi connectivity index (χ1) is 8.78. The molecule has 0 aliphatic carbocycles. The largest absolute Gasteiger partial charge is 0.397 e. The van der Waals surface area contributed by atoms with Crippen LogP contribution in [0.2, 0.25) is 0 Å². The Morgan fingerprint density at radius 3 is 2.50 bits per heavy atom. The van der Waals surface area contributed by atoms with E-state index < -0.39 is 0 Å². The van der Waals surface area contributed by atoms with Gasteiger partial charge in [0, 0.05) is 0 Å². The predicted octanol–water partition coefficient (Wildman–Crippen LogP) is 2.57. The van der Waals surface area contributed by atoms with Crippen LogP contribution in [-0.4, -0.2) is 0 Å². The van der Waals surface area contributed by atoms with E-state index in [0.717, 1.165) is 28.2 Å². The minimum Gasteiger partial charge on any atom is -0.397 e. The molecule has 3 rings (SSSR count). The van der Waals surface area contributed by atoms with Crippen molar-refractivity contribution in [1.82, 2.24) is 0 Å². The fraction of sp³-hybridized carbons (Fsp3) is 0. The molecule has 0 saturated heterocycles. The fourth-order valence-electron chi connectivity index (χ4n) is 1.96. The van der Waals surface area contributed by atoms with Gasteiger partial charge in [-0.05, 0) is 35.4 Å². The molecule has 2 aromatic carbocycles. The Morgan fingerprint density at radius 1 is 0.944 bits per heavy atom. The first-order valence-electron chi connectivity index (χ1n) is 5.55. The summed E-state index contributed by atoms with van der Waals surface area (Å²) in [4.78, 5) is 0. The summed E-state index contributed by atoms with van der Waals surface area (Å²) in [7, 11) is 0.544. The number of hydrogen-bond donors (Lipinski definition) is 5. The molecule has 0 amide bonds. The number of nitrogens with one attached hydrogen (secondary N) is 3. The van der Waals surface area contributed by atoms with Gasteiger partial charge in [-0.25, -0.2) is 0 Å². The van der Waals surface area contributed by atoms with E-state index in [9.17, 15) is 0 Å². The summed E-state index contributed by atoms with van der Waals surface area (Å²) < 4.78 is 0. The number of fused-ring (bicyclic) bond motifs is 1. The molecule has 5 nitrogen and oxygen atoms in total. The van der Waals surface area contributed by atoms with Crippen LogP contribution >= 0.6 is 8.88 Å². The molecule has 0 radical (unpaired) electrons. The minimum atomic E-state index is 0.544. The van der Waals surface area contributed by atoms with Crippen LogP contribution in [0.15, 0.2) is 36.4 Å². The van der Waals surface area contributed by atoms with Crippen LogP contribution in [-0.2, 0) is 0 Å². The molecule has 18 heavy (non-hydrogen) atoms. The van der Waals surface area contributed by atoms with E-state index in [0.29, 0.717) is 14.6 Å². The van der Waals surface area contributed by atoms with E-state index in [4.69, 9.17) is 11.6 Å². The molecule has 6 heteroatoms. The van der Waals surface area contributed by atoms with Crippen LogP contribution in [0.5, 0.6) is 0 Å². The Morgan fingerprint density at radius 2 is 1.67 bits per heavy atom. The highest BCUT2D eigenvalue weighted by Crippen LogP contribution is 2.39. The topological polar surface area (TPSA) is 88.1 Å². The quantitative estimate of drug-likeness (QED) is 0.247. The molecule has 7 N–H and O–H groups in total. The first kappa shape index (κ1) is 11.1. The minimum absolute atomic E-state index is 0.544. The summed E-state index contributed by atoms with van der Waals surface area (Å²) in [6.07, 6.45) is 0. The number of rotatable bonds is 2. The van der Waals surface area contributed by atoms with Crippen molar-refractivity contribution in [3.05, 3.63) is 36.4 Å². The summed E-state index contributed by atoms with van der Waals surface area (Å²) in [5.41, 5.74) is 14.3. The third-order valence-corrected chi connectivity index (χ3v) is 3.74. The molecule has 1 aliphatic rings. The Kier molecular flexibility index (Phi) is 2.70. The summed E-state index contributed by atoms with van der Waals surface area (Å²) >= 11 is 0. The van der Waals surface area contributed by atoms with Gasteiger partial charge in [0.15, 0.2) is 0 Å². The van der Waals surface area contributed by atoms with Crippen molar-refractivity contribution >= 4 is 31.6 Å². The molecular weight excluding hydrogens is 245 g/mol. The summed E-state index contributed by atoms with van der Waals surface area (Å²) in [6.45, 7) is 0. The maximum atomic E-state index is 5.80. The lowest BCUT2D eigenvalue weighted by Gasteiger charge is -2.09. The zero-order valence-corrected chi connectivity index (χ0v) is 10.6. The monoisotopic (exact) mass is 259 g/mol. The van der Waals surface area contributed by atoms with Crippen LogP contribution in [0, 0.1) is 0 Å². The molecule has 92 valence electrons. The number of benzene rings is 2. The van der Waals surface area contributed by atoms with E-state index in [1.54, 1.807) is 0 Å². The highest BCUT2D eigenvalue weighted by molar-refractivity contribution is 7.42. The summed E-state index contributed by atoms with van der Waals surface area (Å²) in [5, 5.41) is 6.58. The van der Waals surface area contributed by atoms with Gasteiger partial charge in [0.05, 0.1) is 31.6 Å². The Labute approximate surface area is 107 Å². The molecular formula is C12H14N5P. The number of nitrogens with two attached hydrogens (primary N) is 2. The standard InChI is InChI=1S/C12H14N5P/c13-9-3-1-7(5-11(9)15-14)8-2-4-10-12(6-8)17-18-16-10/h1-6,15-18H,13-14H2. The van der Waals surface area contributed by atoms with Gasteiger partial charge in [-0.3, -0.25) is 5.84 Å². The van der Waals surface area contributed by atoms with Crippen molar-refractivity contribution in [3.8, 4) is 11.1 Å². The zero-order valence-electron chi connectivity index (χ0n) is 9.62. The van der Waals surface area contributed by atoms with Gasteiger partial charge in [-0.1, -0.05) is 12.1 Å². The van der Waals surface area contributed by atoms with Crippen LogP contribution < -0.4 is 27.2 Å². The van der Waals surface area contributed by atoms with E-state index in [-0.39, 0.29) is 0 Å². The number of anilines is 4. The lowest BCUT2D eigenvalue weighted by Crippen LogP contribution is -2.08. The average molecular weight is 259 g/mol. The molecule has 0 bridgehead atoms. The zero-order chi connectivity index (χ0) is 12.5. The van der Waals surface area contributed by atoms with Gasteiger partial charge in [0.1, 0.15) is 0 Å². The van der Waals surface area contributed by atoms with E-state index in [1.807, 2.05) is 18.2 Å². The predicted molar refractivity (Wildman–Crippen MR) is 79.7 cm³/mol. The highest BCUT2D eigenvalue weighted by atomic mass is 31.1. The van der Waals surface area contributed by atoms with Crippen LogP contribution in [0.3, 0.4) is 0 Å². The van der Waals surface area contributed by atoms with E-state index in [2.05, 4.69) is 33.8 Å². The molecule has 1 unspecified atom stereocenters. The second-order valence-corrected chi connectivity index (χ2v) is 4.83. The normalized spacial score (nSPS) is 13.8. The lowest BCUT2D eigenvalue weighted by molar-refractivity contribution is 1.35. The maximum Gasteiger partial charge on any atom is 0.0744 e. The van der Waals surface area contributed by atoms with Crippen molar-refractivity contribution in [2.24, 2.45) is 5.84 Å². The second kappa shape index (κ2) is 4.37. The SMILES string of the molecule is NNc1cc(-c2ccc3c(c2)NPN3)ccc1N. The van der Waals surface area contributed by atoms with E-state index in [1.165, 1.54) is 0 Å². The third kappa shape index (κ3) is 1.83.